The van der Waals surface area contributed by atoms with E-state index in [1.807, 2.05) is 23.6 Å². The zero-order valence-electron chi connectivity index (χ0n) is 19.0. The molecule has 0 bridgehead atoms. The van der Waals surface area contributed by atoms with E-state index in [-0.39, 0.29) is 24.1 Å². The number of amides is 3. The number of nitrogens with one attached hydrogen (secondary N) is 4. The molecule has 2 aromatic carbocycles. The maximum atomic E-state index is 12.7. The van der Waals surface area contributed by atoms with E-state index in [2.05, 4.69) is 25.9 Å². The van der Waals surface area contributed by atoms with Gasteiger partial charge in [-0.1, -0.05) is 29.5 Å². The van der Waals surface area contributed by atoms with Crippen LogP contribution in [0.1, 0.15) is 10.4 Å². The van der Waals surface area contributed by atoms with Crippen LogP contribution < -0.4 is 32.2 Å². The number of nitrogens with two attached hydrogens (primary N) is 2. The molecule has 0 unspecified atom stereocenters. The average molecular weight is 523 g/mol. The molecule has 0 spiro atoms. The van der Waals surface area contributed by atoms with Crippen molar-refractivity contribution in [1.82, 2.24) is 15.3 Å². The van der Waals surface area contributed by atoms with Gasteiger partial charge < -0.3 is 26.8 Å². The van der Waals surface area contributed by atoms with Crippen molar-refractivity contribution in [2.45, 2.75) is 0 Å². The van der Waals surface area contributed by atoms with Gasteiger partial charge in [0.25, 0.3) is 5.91 Å². The summed E-state index contributed by atoms with van der Waals surface area (Å²) in [5.74, 6) is 0.421. The van der Waals surface area contributed by atoms with Crippen LogP contribution in [0.25, 0.3) is 21.1 Å². The van der Waals surface area contributed by atoms with Crippen LogP contribution in [-0.4, -0.2) is 41.4 Å². The normalized spacial score (nSPS) is 10.5. The molecular weight excluding hydrogens is 500 g/mol. The molecule has 36 heavy (non-hydrogen) atoms. The number of thiazole rings is 2. The zero-order valence-corrected chi connectivity index (χ0v) is 20.6. The van der Waals surface area contributed by atoms with Gasteiger partial charge in [-0.25, -0.2) is 14.8 Å². The number of anilines is 3. The molecule has 184 valence electrons. The highest BCUT2D eigenvalue weighted by molar-refractivity contribution is 7.23. The van der Waals surface area contributed by atoms with Gasteiger partial charge in [0.1, 0.15) is 27.3 Å². The van der Waals surface area contributed by atoms with Gasteiger partial charge in [0.2, 0.25) is 0 Å². The van der Waals surface area contributed by atoms with E-state index >= 15 is 0 Å². The second kappa shape index (κ2) is 10.8. The Morgan fingerprint density at radius 3 is 2.69 bits per heavy atom. The van der Waals surface area contributed by atoms with Crippen molar-refractivity contribution < 1.29 is 14.3 Å². The molecule has 0 atom stereocenters. The topological polar surface area (TPSA) is 181 Å². The predicted octanol–water partition coefficient (Wildman–Crippen LogP) is 3.83. The summed E-state index contributed by atoms with van der Waals surface area (Å²) in [6.45, 7) is -0.0750. The van der Waals surface area contributed by atoms with Crippen molar-refractivity contribution in [3.05, 3.63) is 59.5 Å². The largest absolute Gasteiger partial charge is 0.497 e. The first-order valence-corrected chi connectivity index (χ1v) is 12.2. The molecule has 0 aliphatic rings. The minimum absolute atomic E-state index is 0.0750. The third kappa shape index (κ3) is 5.95. The number of ether oxygens (including phenoxy) is 1. The van der Waals surface area contributed by atoms with Crippen LogP contribution in [0.2, 0.25) is 0 Å². The molecule has 2 heterocycles. The number of nitrogen functional groups attached to an aromatic ring is 1. The summed E-state index contributed by atoms with van der Waals surface area (Å²) in [4.78, 5) is 34.0. The number of benzene rings is 2. The van der Waals surface area contributed by atoms with E-state index < -0.39 is 6.03 Å². The minimum atomic E-state index is -0.543. The van der Waals surface area contributed by atoms with Crippen LogP contribution in [0.3, 0.4) is 0 Å². The highest BCUT2D eigenvalue weighted by Gasteiger charge is 2.17. The molecule has 4 aromatic rings. The fourth-order valence-electron chi connectivity index (χ4n) is 3.09. The van der Waals surface area contributed by atoms with Gasteiger partial charge in [-0.3, -0.25) is 15.5 Å². The highest BCUT2D eigenvalue weighted by atomic mass is 32.1. The molecule has 0 fully saturated rings. The molecule has 11 nitrogen and oxygen atoms in total. The van der Waals surface area contributed by atoms with Crippen molar-refractivity contribution in [1.29, 1.82) is 5.41 Å². The summed E-state index contributed by atoms with van der Waals surface area (Å²) >= 11 is 2.57. The number of amidine groups is 1. The van der Waals surface area contributed by atoms with Crippen molar-refractivity contribution in [3.8, 4) is 26.9 Å². The Morgan fingerprint density at radius 2 is 1.92 bits per heavy atom. The Bertz CT molecular complexity index is 1430. The summed E-state index contributed by atoms with van der Waals surface area (Å²) in [7, 11) is 1.55. The summed E-state index contributed by atoms with van der Waals surface area (Å²) in [6.07, 6.45) is 0. The van der Waals surface area contributed by atoms with Crippen molar-refractivity contribution in [3.63, 3.8) is 0 Å². The van der Waals surface area contributed by atoms with Crippen LogP contribution >= 0.6 is 22.7 Å². The van der Waals surface area contributed by atoms with Crippen molar-refractivity contribution >= 4 is 57.1 Å². The van der Waals surface area contributed by atoms with Gasteiger partial charge in [0, 0.05) is 22.2 Å². The Hall–Kier alpha value is -4.49. The van der Waals surface area contributed by atoms with Crippen LogP contribution in [-0.2, 0) is 0 Å². The van der Waals surface area contributed by atoms with E-state index in [1.54, 1.807) is 37.4 Å². The van der Waals surface area contributed by atoms with E-state index in [0.717, 1.165) is 5.56 Å². The molecule has 3 amide bonds. The highest BCUT2D eigenvalue weighted by Crippen LogP contribution is 2.38. The van der Waals surface area contributed by atoms with Gasteiger partial charge in [-0.15, -0.1) is 11.3 Å². The van der Waals surface area contributed by atoms with Crippen molar-refractivity contribution in [2.75, 3.05) is 30.0 Å². The van der Waals surface area contributed by atoms with Gasteiger partial charge in [-0.05, 0) is 30.3 Å². The van der Waals surface area contributed by atoms with Gasteiger partial charge >= 0.3 is 6.03 Å². The Labute approximate surface area is 214 Å². The Morgan fingerprint density at radius 1 is 1.11 bits per heavy atom. The number of urea groups is 1. The molecule has 0 aliphatic carbocycles. The number of methoxy groups -OCH3 is 1. The fourth-order valence-corrected chi connectivity index (χ4v) is 4.90. The second-order valence-corrected chi connectivity index (χ2v) is 9.23. The lowest BCUT2D eigenvalue weighted by atomic mass is 10.1. The third-order valence-electron chi connectivity index (χ3n) is 4.76. The number of hydrogen-bond donors (Lipinski definition) is 6. The van der Waals surface area contributed by atoms with Crippen LogP contribution in [0, 0.1) is 5.41 Å². The lowest BCUT2D eigenvalue weighted by molar-refractivity contribution is 0.102. The molecule has 0 aliphatic heterocycles. The fraction of sp³-hybridized carbons (Fsp3) is 0.0870. The second-order valence-electron chi connectivity index (χ2n) is 7.37. The number of rotatable bonds is 8. The summed E-state index contributed by atoms with van der Waals surface area (Å²) in [6, 6.07) is 13.7. The molecular formula is C23H22N8O3S2. The quantitative estimate of drug-likeness (QED) is 0.150. The lowest BCUT2D eigenvalue weighted by Crippen LogP contribution is -2.35. The van der Waals surface area contributed by atoms with E-state index in [4.69, 9.17) is 21.6 Å². The number of carbonyl (C=O) groups is 2. The van der Waals surface area contributed by atoms with Gasteiger partial charge in [0.05, 0.1) is 19.3 Å². The molecule has 0 saturated heterocycles. The van der Waals surface area contributed by atoms with E-state index in [1.165, 1.54) is 22.7 Å². The number of carbonyl (C=O) groups excluding carboxylic acids is 2. The summed E-state index contributed by atoms with van der Waals surface area (Å²) in [5.41, 5.74) is 13.9. The molecule has 0 radical (unpaired) electrons. The predicted molar refractivity (Wildman–Crippen MR) is 143 cm³/mol. The number of hydrogen-bond acceptors (Lipinski definition) is 9. The first-order chi connectivity index (χ1) is 17.3. The summed E-state index contributed by atoms with van der Waals surface area (Å²) < 4.78 is 5.18. The van der Waals surface area contributed by atoms with Gasteiger partial charge in [0.15, 0.2) is 5.13 Å². The summed E-state index contributed by atoms with van der Waals surface area (Å²) in [5, 5.41) is 17.9. The average Bonchev–Trinajstić information content (AvgIpc) is 3.49. The van der Waals surface area contributed by atoms with Crippen LogP contribution in [0.4, 0.5) is 21.4 Å². The van der Waals surface area contributed by atoms with Crippen molar-refractivity contribution in [2.24, 2.45) is 5.73 Å². The SMILES string of the molecule is COc1cccc(C(=O)Nc2cccc(-c3csc(-c4sc(NC(=O)NCC(=N)N)nc4N)n3)c2)c1. The first-order valence-electron chi connectivity index (χ1n) is 10.5. The lowest BCUT2D eigenvalue weighted by Gasteiger charge is -2.08. The minimum Gasteiger partial charge on any atom is -0.497 e. The zero-order chi connectivity index (χ0) is 25.7. The number of aromatic nitrogens is 2. The molecule has 13 heteroatoms. The third-order valence-corrected chi connectivity index (χ3v) is 6.74. The smallest absolute Gasteiger partial charge is 0.321 e. The maximum Gasteiger partial charge on any atom is 0.321 e. The molecule has 0 saturated carbocycles. The molecule has 2 aromatic heterocycles. The first kappa shape index (κ1) is 24.6. The monoisotopic (exact) mass is 522 g/mol. The Balaban J connectivity index is 1.48. The number of nitrogens with zero attached hydrogens (tertiary/aromatic N) is 2. The van der Waals surface area contributed by atoms with Gasteiger partial charge in [-0.2, -0.15) is 0 Å². The van der Waals surface area contributed by atoms with Crippen LogP contribution in [0.15, 0.2) is 53.9 Å². The molecule has 8 N–H and O–H groups in total. The molecule has 4 rings (SSSR count). The maximum absolute atomic E-state index is 12.7. The van der Waals surface area contributed by atoms with E-state index in [0.29, 0.717) is 37.7 Å². The van der Waals surface area contributed by atoms with Crippen LogP contribution in [0.5, 0.6) is 5.75 Å². The Kier molecular flexibility index (Phi) is 7.42. The van der Waals surface area contributed by atoms with E-state index in [9.17, 15) is 9.59 Å². The standard InChI is InChI=1S/C23H22N8O3S2/c1-34-15-7-3-5-13(9-15)20(32)28-14-6-2-4-12(8-14)16-11-35-21(29-16)18-19(26)30-23(36-18)31-22(33)27-10-17(24)25/h2-9,11H,10,26H2,1H3,(H3,24,25)(H,28,32)(H2,27,30,31,33).